The van der Waals surface area contributed by atoms with Crippen molar-refractivity contribution in [2.45, 2.75) is 20.0 Å². The van der Waals surface area contributed by atoms with E-state index in [0.29, 0.717) is 29.5 Å². The lowest BCUT2D eigenvalue weighted by Crippen LogP contribution is -2.49. The second-order valence-electron chi connectivity index (χ2n) is 7.85. The van der Waals surface area contributed by atoms with Gasteiger partial charge >= 0.3 is 0 Å². The van der Waals surface area contributed by atoms with E-state index >= 15 is 0 Å². The summed E-state index contributed by atoms with van der Waals surface area (Å²) in [5.41, 5.74) is 3.97. The number of aryl methyl sites for hydroxylation is 2. The molecule has 0 aromatic heterocycles. The minimum atomic E-state index is -0.592. The van der Waals surface area contributed by atoms with Crippen LogP contribution in [0.15, 0.2) is 30.3 Å². The van der Waals surface area contributed by atoms with Gasteiger partial charge in [-0.3, -0.25) is 4.90 Å². The van der Waals surface area contributed by atoms with E-state index in [0.717, 1.165) is 26.2 Å². The van der Waals surface area contributed by atoms with Gasteiger partial charge in [0.25, 0.3) is 0 Å². The molecule has 1 N–H and O–H groups in total. The zero-order chi connectivity index (χ0) is 22.4. The lowest BCUT2D eigenvalue weighted by molar-refractivity contribution is 0.0661. The Morgan fingerprint density at radius 3 is 2.00 bits per heavy atom. The summed E-state index contributed by atoms with van der Waals surface area (Å²) in [5, 5.41) is 10.5. The number of aliphatic hydroxyl groups is 1. The Balaban J connectivity index is 1.52. The van der Waals surface area contributed by atoms with Gasteiger partial charge < -0.3 is 29.0 Å². The summed E-state index contributed by atoms with van der Waals surface area (Å²) in [5.74, 6) is 2.12. The van der Waals surface area contributed by atoms with Crippen LogP contribution in [0.25, 0.3) is 0 Å². The summed E-state index contributed by atoms with van der Waals surface area (Å²) in [6.07, 6.45) is -0.592. The first-order valence-electron chi connectivity index (χ1n) is 10.6. The molecule has 0 amide bonds. The van der Waals surface area contributed by atoms with Crippen molar-refractivity contribution >= 4 is 5.69 Å². The lowest BCUT2D eigenvalue weighted by atomic mass is 10.1. The molecular formula is C24H34N2O5. The molecule has 1 atom stereocenters. The van der Waals surface area contributed by atoms with Crippen LogP contribution in [0, 0.1) is 13.8 Å². The normalized spacial score (nSPS) is 15.5. The zero-order valence-corrected chi connectivity index (χ0v) is 19.2. The first-order chi connectivity index (χ1) is 15.0. The highest BCUT2D eigenvalue weighted by molar-refractivity contribution is 5.59. The van der Waals surface area contributed by atoms with Crippen LogP contribution < -0.4 is 23.8 Å². The molecule has 0 saturated carbocycles. The van der Waals surface area contributed by atoms with Gasteiger partial charge in [-0.1, -0.05) is 18.2 Å². The standard InChI is InChI=1S/C24H34N2O5/c1-17-7-6-8-18(2)23(17)26-11-9-25(10-12-26)15-19(27)16-31-20-13-21(28-3)24(30-5)22(14-20)29-4/h6-8,13-14,19,27H,9-12,15-16H2,1-5H3. The first-order valence-corrected chi connectivity index (χ1v) is 10.6. The number of benzene rings is 2. The van der Waals surface area contributed by atoms with Crippen molar-refractivity contribution in [1.29, 1.82) is 0 Å². The molecule has 0 radical (unpaired) electrons. The third-order valence-electron chi connectivity index (χ3n) is 5.68. The summed E-state index contributed by atoms with van der Waals surface area (Å²) in [6.45, 7) is 8.82. The summed E-state index contributed by atoms with van der Waals surface area (Å²) >= 11 is 0. The van der Waals surface area contributed by atoms with E-state index in [-0.39, 0.29) is 6.61 Å². The van der Waals surface area contributed by atoms with Gasteiger partial charge in [0.15, 0.2) is 11.5 Å². The molecule has 0 spiro atoms. The SMILES string of the molecule is COc1cc(OCC(O)CN2CCN(c3c(C)cccc3C)CC2)cc(OC)c1OC. The van der Waals surface area contributed by atoms with Crippen LogP contribution >= 0.6 is 0 Å². The van der Waals surface area contributed by atoms with E-state index in [1.807, 2.05) is 0 Å². The molecule has 3 rings (SSSR count). The molecule has 170 valence electrons. The van der Waals surface area contributed by atoms with E-state index in [2.05, 4.69) is 41.8 Å². The Kier molecular flexibility index (Phi) is 7.87. The van der Waals surface area contributed by atoms with Gasteiger partial charge in [0.1, 0.15) is 18.5 Å². The number of hydrogen-bond acceptors (Lipinski definition) is 7. The van der Waals surface area contributed by atoms with Crippen molar-refractivity contribution < 1.29 is 24.1 Å². The highest BCUT2D eigenvalue weighted by Crippen LogP contribution is 2.40. The van der Waals surface area contributed by atoms with Gasteiger partial charge in [-0.25, -0.2) is 0 Å². The molecule has 0 bridgehead atoms. The third-order valence-corrected chi connectivity index (χ3v) is 5.68. The maximum Gasteiger partial charge on any atom is 0.203 e. The van der Waals surface area contributed by atoms with Gasteiger partial charge in [0.2, 0.25) is 5.75 Å². The van der Waals surface area contributed by atoms with Crippen LogP contribution in [-0.2, 0) is 0 Å². The average Bonchev–Trinajstić information content (AvgIpc) is 2.77. The van der Waals surface area contributed by atoms with E-state index < -0.39 is 6.10 Å². The lowest BCUT2D eigenvalue weighted by Gasteiger charge is -2.38. The number of para-hydroxylation sites is 1. The number of ether oxygens (including phenoxy) is 4. The Hall–Kier alpha value is -2.64. The smallest absolute Gasteiger partial charge is 0.203 e. The van der Waals surface area contributed by atoms with E-state index in [1.165, 1.54) is 16.8 Å². The number of nitrogens with zero attached hydrogens (tertiary/aromatic N) is 2. The summed E-state index contributed by atoms with van der Waals surface area (Å²) in [7, 11) is 4.69. The van der Waals surface area contributed by atoms with E-state index in [9.17, 15) is 5.11 Å². The monoisotopic (exact) mass is 430 g/mol. The Morgan fingerprint density at radius 2 is 1.48 bits per heavy atom. The van der Waals surface area contributed by atoms with Gasteiger partial charge in [-0.05, 0) is 25.0 Å². The zero-order valence-electron chi connectivity index (χ0n) is 19.2. The molecule has 2 aromatic carbocycles. The molecule has 31 heavy (non-hydrogen) atoms. The number of piperazine rings is 1. The fourth-order valence-electron chi connectivity index (χ4n) is 4.14. The Labute approximate surface area is 185 Å². The molecule has 2 aromatic rings. The molecular weight excluding hydrogens is 396 g/mol. The van der Waals surface area contributed by atoms with Gasteiger partial charge in [0.05, 0.1) is 21.3 Å². The molecule has 1 aliphatic heterocycles. The van der Waals surface area contributed by atoms with Crippen LogP contribution in [0.5, 0.6) is 23.0 Å². The van der Waals surface area contributed by atoms with E-state index in [1.54, 1.807) is 33.5 Å². The maximum absolute atomic E-state index is 10.5. The summed E-state index contributed by atoms with van der Waals surface area (Å²) in [6, 6.07) is 9.90. The fourth-order valence-corrected chi connectivity index (χ4v) is 4.14. The predicted molar refractivity (Wildman–Crippen MR) is 122 cm³/mol. The topological polar surface area (TPSA) is 63.6 Å². The highest BCUT2D eigenvalue weighted by atomic mass is 16.5. The maximum atomic E-state index is 10.5. The first kappa shape index (κ1) is 23.0. The second-order valence-corrected chi connectivity index (χ2v) is 7.85. The minimum Gasteiger partial charge on any atom is -0.493 e. The number of rotatable bonds is 9. The van der Waals surface area contributed by atoms with Crippen LogP contribution in [0.4, 0.5) is 5.69 Å². The third kappa shape index (κ3) is 5.54. The number of aliphatic hydroxyl groups excluding tert-OH is 1. The Bertz CT molecular complexity index is 820. The molecule has 1 fully saturated rings. The average molecular weight is 431 g/mol. The van der Waals surface area contributed by atoms with Crippen LogP contribution in [0.2, 0.25) is 0 Å². The van der Waals surface area contributed by atoms with Crippen LogP contribution in [0.3, 0.4) is 0 Å². The Morgan fingerprint density at radius 1 is 0.903 bits per heavy atom. The fraction of sp³-hybridized carbons (Fsp3) is 0.500. The molecule has 1 aliphatic rings. The summed E-state index contributed by atoms with van der Waals surface area (Å²) in [4.78, 5) is 4.73. The van der Waals surface area contributed by atoms with E-state index in [4.69, 9.17) is 18.9 Å². The van der Waals surface area contributed by atoms with Crippen molar-refractivity contribution in [2.75, 3.05) is 65.6 Å². The number of hydrogen-bond donors (Lipinski definition) is 1. The van der Waals surface area contributed by atoms with Crippen molar-refractivity contribution in [2.24, 2.45) is 0 Å². The molecule has 1 unspecified atom stereocenters. The molecule has 1 saturated heterocycles. The highest BCUT2D eigenvalue weighted by Gasteiger charge is 2.22. The predicted octanol–water partition coefficient (Wildman–Crippen LogP) is 2.89. The number of methoxy groups -OCH3 is 3. The van der Waals surface area contributed by atoms with Crippen molar-refractivity contribution in [3.8, 4) is 23.0 Å². The number of anilines is 1. The van der Waals surface area contributed by atoms with Crippen LogP contribution in [-0.4, -0.2) is 76.8 Å². The summed E-state index contributed by atoms with van der Waals surface area (Å²) < 4.78 is 21.8. The quantitative estimate of drug-likeness (QED) is 0.656. The second kappa shape index (κ2) is 10.6. The minimum absolute atomic E-state index is 0.190. The van der Waals surface area contributed by atoms with Gasteiger partial charge in [-0.15, -0.1) is 0 Å². The molecule has 0 aliphatic carbocycles. The van der Waals surface area contributed by atoms with Crippen LogP contribution in [0.1, 0.15) is 11.1 Å². The largest absolute Gasteiger partial charge is 0.493 e. The molecule has 7 nitrogen and oxygen atoms in total. The molecule has 7 heteroatoms. The van der Waals surface area contributed by atoms with Crippen molar-refractivity contribution in [1.82, 2.24) is 4.90 Å². The van der Waals surface area contributed by atoms with Crippen molar-refractivity contribution in [3.63, 3.8) is 0 Å². The van der Waals surface area contributed by atoms with Gasteiger partial charge in [0, 0.05) is 50.5 Å². The molecule has 1 heterocycles. The van der Waals surface area contributed by atoms with Gasteiger partial charge in [-0.2, -0.15) is 0 Å². The number of β-amino-alcohol motifs (C(OH)–C–C–N with tert-alkyl or cyclic N) is 1. The van der Waals surface area contributed by atoms with Crippen molar-refractivity contribution in [3.05, 3.63) is 41.5 Å².